The van der Waals surface area contributed by atoms with Crippen molar-refractivity contribution in [3.05, 3.63) is 34.9 Å². The third-order valence-electron chi connectivity index (χ3n) is 2.01. The summed E-state index contributed by atoms with van der Waals surface area (Å²) in [7, 11) is 0. The van der Waals surface area contributed by atoms with Gasteiger partial charge in [0.1, 0.15) is 6.10 Å². The molecule has 0 saturated carbocycles. The lowest BCUT2D eigenvalue weighted by molar-refractivity contribution is -0.109. The second-order valence-corrected chi connectivity index (χ2v) is 5.00. The van der Waals surface area contributed by atoms with Crippen molar-refractivity contribution >= 4 is 28.5 Å². The first-order valence-corrected chi connectivity index (χ1v) is 6.12. The summed E-state index contributed by atoms with van der Waals surface area (Å²) in [6.45, 7) is 1.42. The van der Waals surface area contributed by atoms with Crippen LogP contribution in [0.4, 0.5) is 0 Å². The van der Waals surface area contributed by atoms with E-state index in [1.807, 2.05) is 0 Å². The van der Waals surface area contributed by atoms with Gasteiger partial charge in [-0.25, -0.2) is 0 Å². The van der Waals surface area contributed by atoms with Gasteiger partial charge in [0, 0.05) is 17.7 Å². The molecule has 0 aromatic heterocycles. The Hall–Kier alpha value is -0.550. The molecule has 2 atom stereocenters. The van der Waals surface area contributed by atoms with Crippen molar-refractivity contribution < 1.29 is 15.0 Å². The first-order valence-electron chi connectivity index (χ1n) is 4.75. The van der Waals surface area contributed by atoms with E-state index in [1.54, 1.807) is 24.3 Å². The number of thioether (sulfide) groups is 1. The number of carbonyl (C=O) groups is 1. The van der Waals surface area contributed by atoms with Crippen LogP contribution in [0.15, 0.2) is 24.3 Å². The molecule has 1 aromatic rings. The highest BCUT2D eigenvalue weighted by Gasteiger charge is 2.19. The molecule has 1 aromatic carbocycles. The predicted octanol–water partition coefficient (Wildman–Crippen LogP) is 2.01. The minimum absolute atomic E-state index is 0.0858. The van der Waals surface area contributed by atoms with Crippen molar-refractivity contribution in [2.45, 2.75) is 19.1 Å². The van der Waals surface area contributed by atoms with E-state index in [0.717, 1.165) is 11.8 Å². The van der Waals surface area contributed by atoms with Gasteiger partial charge in [-0.2, -0.15) is 0 Å². The monoisotopic (exact) mass is 260 g/mol. The van der Waals surface area contributed by atoms with Gasteiger partial charge in [0.25, 0.3) is 0 Å². The van der Waals surface area contributed by atoms with E-state index in [-0.39, 0.29) is 10.9 Å². The topological polar surface area (TPSA) is 57.5 Å². The molecule has 0 fully saturated rings. The van der Waals surface area contributed by atoms with Gasteiger partial charge in [0.05, 0.1) is 6.10 Å². The van der Waals surface area contributed by atoms with E-state index >= 15 is 0 Å². The second kappa shape index (κ2) is 6.25. The summed E-state index contributed by atoms with van der Waals surface area (Å²) in [5.41, 5.74) is 0.546. The van der Waals surface area contributed by atoms with Crippen LogP contribution in [0.1, 0.15) is 18.6 Å². The molecule has 0 amide bonds. The van der Waals surface area contributed by atoms with Crippen LogP contribution in [0.5, 0.6) is 0 Å². The summed E-state index contributed by atoms with van der Waals surface area (Å²) in [5.74, 6) is 0.170. The Morgan fingerprint density at radius 3 is 2.75 bits per heavy atom. The van der Waals surface area contributed by atoms with Crippen LogP contribution < -0.4 is 0 Å². The van der Waals surface area contributed by atoms with E-state index < -0.39 is 12.2 Å². The average molecular weight is 261 g/mol. The van der Waals surface area contributed by atoms with Crippen LogP contribution >= 0.6 is 23.4 Å². The van der Waals surface area contributed by atoms with Crippen LogP contribution in [-0.4, -0.2) is 27.2 Å². The standard InChI is InChI=1S/C11H13ClO3S/c1-7(13)16-6-10(14)11(15)8-3-2-4-9(12)5-8/h2-5,10-11,14-15H,6H2,1H3. The first-order chi connectivity index (χ1) is 7.50. The van der Waals surface area contributed by atoms with Gasteiger partial charge in [-0.3, -0.25) is 4.79 Å². The quantitative estimate of drug-likeness (QED) is 0.870. The molecule has 0 heterocycles. The van der Waals surface area contributed by atoms with Crippen LogP contribution in [0.3, 0.4) is 0 Å². The van der Waals surface area contributed by atoms with Gasteiger partial charge >= 0.3 is 0 Å². The highest BCUT2D eigenvalue weighted by Crippen LogP contribution is 2.22. The van der Waals surface area contributed by atoms with Crippen molar-refractivity contribution in [1.82, 2.24) is 0 Å². The Morgan fingerprint density at radius 1 is 1.50 bits per heavy atom. The van der Waals surface area contributed by atoms with E-state index in [4.69, 9.17) is 11.6 Å². The summed E-state index contributed by atoms with van der Waals surface area (Å²) in [6.07, 6.45) is -2.00. The molecule has 0 bridgehead atoms. The normalized spacial score (nSPS) is 14.5. The van der Waals surface area contributed by atoms with Gasteiger partial charge in [-0.15, -0.1) is 0 Å². The number of hydrogen-bond donors (Lipinski definition) is 2. The molecule has 0 aliphatic rings. The number of hydrogen-bond acceptors (Lipinski definition) is 4. The van der Waals surface area contributed by atoms with E-state index in [9.17, 15) is 15.0 Å². The SMILES string of the molecule is CC(=O)SCC(O)C(O)c1cccc(Cl)c1. The number of halogens is 1. The third kappa shape index (κ3) is 4.14. The van der Waals surface area contributed by atoms with Gasteiger partial charge in [-0.05, 0) is 17.7 Å². The maximum Gasteiger partial charge on any atom is 0.185 e. The van der Waals surface area contributed by atoms with Gasteiger partial charge in [-0.1, -0.05) is 35.5 Å². The molecular weight excluding hydrogens is 248 g/mol. The fraction of sp³-hybridized carbons (Fsp3) is 0.364. The Labute approximate surface area is 103 Å². The Balaban J connectivity index is 2.62. The summed E-state index contributed by atoms with van der Waals surface area (Å²) in [4.78, 5) is 10.7. The molecule has 2 N–H and O–H groups in total. The predicted molar refractivity (Wildman–Crippen MR) is 65.6 cm³/mol. The number of benzene rings is 1. The maximum absolute atomic E-state index is 10.7. The van der Waals surface area contributed by atoms with Gasteiger partial charge < -0.3 is 10.2 Å². The lowest BCUT2D eigenvalue weighted by Crippen LogP contribution is -2.21. The fourth-order valence-electron chi connectivity index (χ4n) is 1.21. The first kappa shape index (κ1) is 13.5. The van der Waals surface area contributed by atoms with E-state index in [2.05, 4.69) is 0 Å². The smallest absolute Gasteiger partial charge is 0.185 e. The molecular formula is C11H13ClO3S. The molecule has 0 spiro atoms. The molecule has 16 heavy (non-hydrogen) atoms. The zero-order valence-corrected chi connectivity index (χ0v) is 10.3. The van der Waals surface area contributed by atoms with Crippen molar-refractivity contribution in [2.75, 3.05) is 5.75 Å². The van der Waals surface area contributed by atoms with Crippen molar-refractivity contribution in [1.29, 1.82) is 0 Å². The van der Waals surface area contributed by atoms with E-state index in [0.29, 0.717) is 10.6 Å². The molecule has 88 valence electrons. The number of carbonyl (C=O) groups excluding carboxylic acids is 1. The average Bonchev–Trinajstić information content (AvgIpc) is 2.24. The molecule has 5 heteroatoms. The molecule has 3 nitrogen and oxygen atoms in total. The molecule has 0 aliphatic heterocycles. The molecule has 0 aliphatic carbocycles. The number of rotatable bonds is 4. The summed E-state index contributed by atoms with van der Waals surface area (Å²) in [5, 5.41) is 19.9. The minimum atomic E-state index is -1.02. The van der Waals surface area contributed by atoms with Crippen molar-refractivity contribution in [2.24, 2.45) is 0 Å². The lowest BCUT2D eigenvalue weighted by atomic mass is 10.1. The third-order valence-corrected chi connectivity index (χ3v) is 3.16. The Morgan fingerprint density at radius 2 is 2.19 bits per heavy atom. The summed E-state index contributed by atoms with van der Waals surface area (Å²) >= 11 is 6.75. The van der Waals surface area contributed by atoms with Crippen LogP contribution in [0, 0.1) is 0 Å². The van der Waals surface area contributed by atoms with Gasteiger partial charge in [0.2, 0.25) is 0 Å². The number of aliphatic hydroxyl groups excluding tert-OH is 2. The Bertz CT molecular complexity index is 370. The molecule has 2 unspecified atom stereocenters. The largest absolute Gasteiger partial charge is 0.389 e. The highest BCUT2D eigenvalue weighted by molar-refractivity contribution is 8.13. The van der Waals surface area contributed by atoms with Gasteiger partial charge in [0.15, 0.2) is 5.12 Å². The second-order valence-electron chi connectivity index (χ2n) is 3.37. The van der Waals surface area contributed by atoms with Crippen LogP contribution in [0.2, 0.25) is 5.02 Å². The van der Waals surface area contributed by atoms with Crippen molar-refractivity contribution in [3.8, 4) is 0 Å². The fourth-order valence-corrected chi connectivity index (χ4v) is 1.99. The minimum Gasteiger partial charge on any atom is -0.389 e. The molecule has 0 saturated heterocycles. The lowest BCUT2D eigenvalue weighted by Gasteiger charge is -2.17. The summed E-state index contributed by atoms with van der Waals surface area (Å²) in [6, 6.07) is 6.66. The number of aliphatic hydroxyl groups is 2. The zero-order valence-electron chi connectivity index (χ0n) is 8.76. The molecule has 0 radical (unpaired) electrons. The van der Waals surface area contributed by atoms with Crippen LogP contribution in [0.25, 0.3) is 0 Å². The van der Waals surface area contributed by atoms with Crippen LogP contribution in [-0.2, 0) is 4.79 Å². The van der Waals surface area contributed by atoms with Crippen molar-refractivity contribution in [3.63, 3.8) is 0 Å². The maximum atomic E-state index is 10.7. The molecule has 1 rings (SSSR count). The highest BCUT2D eigenvalue weighted by atomic mass is 35.5. The summed E-state index contributed by atoms with van der Waals surface area (Å²) < 4.78 is 0. The Kier molecular flexibility index (Phi) is 5.28. The zero-order chi connectivity index (χ0) is 12.1. The van der Waals surface area contributed by atoms with E-state index in [1.165, 1.54) is 6.92 Å².